The third-order valence-corrected chi connectivity index (χ3v) is 6.47. The predicted octanol–water partition coefficient (Wildman–Crippen LogP) is 8.46. The molecule has 154 valence electrons. The van der Waals surface area contributed by atoms with Crippen LogP contribution in [-0.2, 0) is 12.8 Å². The molecule has 0 aliphatic carbocycles. The van der Waals surface area contributed by atoms with E-state index in [-0.39, 0.29) is 0 Å². The van der Waals surface area contributed by atoms with E-state index in [1.54, 1.807) is 0 Å². The Balaban J connectivity index is 1.93. The van der Waals surface area contributed by atoms with E-state index >= 15 is 0 Å². The number of rotatable bonds is 12. The van der Waals surface area contributed by atoms with Crippen LogP contribution >= 0.6 is 0 Å². The first-order chi connectivity index (χ1) is 13.5. The van der Waals surface area contributed by atoms with Gasteiger partial charge in [-0.3, -0.25) is 0 Å². The van der Waals surface area contributed by atoms with Crippen molar-refractivity contribution in [3.8, 4) is 0 Å². The maximum atomic E-state index is 2.42. The maximum Gasteiger partial charge on any atom is -0.0250 e. The highest BCUT2D eigenvalue weighted by atomic mass is 14.2. The first kappa shape index (κ1) is 22.7. The molecule has 1 unspecified atom stereocenters. The maximum absolute atomic E-state index is 2.42. The van der Waals surface area contributed by atoms with Crippen molar-refractivity contribution in [3.63, 3.8) is 0 Å². The Kier molecular flexibility index (Phi) is 9.82. The van der Waals surface area contributed by atoms with Gasteiger partial charge in [0.25, 0.3) is 0 Å². The van der Waals surface area contributed by atoms with Gasteiger partial charge in [-0.25, -0.2) is 0 Å². The molecule has 0 saturated carbocycles. The van der Waals surface area contributed by atoms with Crippen molar-refractivity contribution in [2.75, 3.05) is 0 Å². The number of hydrogen-bond donors (Lipinski definition) is 0. The Morgan fingerprint density at radius 3 is 1.82 bits per heavy atom. The standard InChI is InChI=1S/C28H42/c1-6-7-8-9-10-11-12-26(21-28-16-14-23(3)25(5)20-28)17-18-27-15-13-22(2)24(4)19-27/h13-16,19-20,26H,6-12,17-18,21H2,1-5H3. The van der Waals surface area contributed by atoms with Crippen LogP contribution in [0.5, 0.6) is 0 Å². The predicted molar refractivity (Wildman–Crippen MR) is 125 cm³/mol. The van der Waals surface area contributed by atoms with Gasteiger partial charge in [0, 0.05) is 0 Å². The van der Waals surface area contributed by atoms with Crippen LogP contribution in [0, 0.1) is 33.6 Å². The minimum absolute atomic E-state index is 0.801. The lowest BCUT2D eigenvalue weighted by molar-refractivity contribution is 0.421. The highest BCUT2D eigenvalue weighted by molar-refractivity contribution is 5.31. The second kappa shape index (κ2) is 12.1. The van der Waals surface area contributed by atoms with Crippen LogP contribution in [0.1, 0.15) is 91.7 Å². The highest BCUT2D eigenvalue weighted by Crippen LogP contribution is 2.24. The van der Waals surface area contributed by atoms with E-state index in [1.165, 1.54) is 97.6 Å². The summed E-state index contributed by atoms with van der Waals surface area (Å²) in [7, 11) is 0. The van der Waals surface area contributed by atoms with Crippen molar-refractivity contribution in [1.82, 2.24) is 0 Å². The SMILES string of the molecule is CCCCCCCCC(CCc1ccc(C)c(C)c1)Cc1ccc(C)c(C)c1. The summed E-state index contributed by atoms with van der Waals surface area (Å²) in [6.07, 6.45) is 13.5. The van der Waals surface area contributed by atoms with Gasteiger partial charge in [0.1, 0.15) is 0 Å². The Labute approximate surface area is 174 Å². The van der Waals surface area contributed by atoms with Gasteiger partial charge in [0.2, 0.25) is 0 Å². The zero-order chi connectivity index (χ0) is 20.4. The van der Waals surface area contributed by atoms with Crippen LogP contribution in [0.3, 0.4) is 0 Å². The van der Waals surface area contributed by atoms with Gasteiger partial charge in [0.15, 0.2) is 0 Å². The largest absolute Gasteiger partial charge is 0.0654 e. The minimum Gasteiger partial charge on any atom is -0.0654 e. The summed E-state index contributed by atoms with van der Waals surface area (Å²) < 4.78 is 0. The van der Waals surface area contributed by atoms with Gasteiger partial charge in [-0.1, -0.05) is 88.3 Å². The van der Waals surface area contributed by atoms with E-state index in [1.807, 2.05) is 0 Å². The zero-order valence-electron chi connectivity index (χ0n) is 19.1. The number of unbranched alkanes of at least 4 members (excludes halogenated alkanes) is 5. The Hall–Kier alpha value is -1.56. The molecule has 2 aromatic rings. The van der Waals surface area contributed by atoms with Crippen molar-refractivity contribution in [1.29, 1.82) is 0 Å². The number of hydrogen-bond acceptors (Lipinski definition) is 0. The summed E-state index contributed by atoms with van der Waals surface area (Å²) in [6, 6.07) is 14.1. The van der Waals surface area contributed by atoms with Gasteiger partial charge >= 0.3 is 0 Å². The Bertz CT molecular complexity index is 710. The average molecular weight is 379 g/mol. The molecule has 28 heavy (non-hydrogen) atoms. The molecule has 0 heterocycles. The lowest BCUT2D eigenvalue weighted by atomic mass is 9.87. The summed E-state index contributed by atoms with van der Waals surface area (Å²) in [5, 5.41) is 0. The normalized spacial score (nSPS) is 12.3. The molecule has 0 spiro atoms. The Morgan fingerprint density at radius 2 is 1.18 bits per heavy atom. The van der Waals surface area contributed by atoms with Crippen LogP contribution in [0.25, 0.3) is 0 Å². The molecule has 0 fully saturated rings. The molecule has 0 nitrogen and oxygen atoms in total. The van der Waals surface area contributed by atoms with Gasteiger partial charge in [-0.05, 0) is 86.3 Å². The molecule has 2 rings (SSSR count). The van der Waals surface area contributed by atoms with Crippen LogP contribution < -0.4 is 0 Å². The van der Waals surface area contributed by atoms with Crippen molar-refractivity contribution in [3.05, 3.63) is 69.8 Å². The van der Waals surface area contributed by atoms with E-state index in [0.717, 1.165) is 5.92 Å². The fraction of sp³-hybridized carbons (Fsp3) is 0.571. The van der Waals surface area contributed by atoms with Crippen LogP contribution in [0.4, 0.5) is 0 Å². The lowest BCUT2D eigenvalue weighted by Crippen LogP contribution is -2.07. The second-order valence-electron chi connectivity index (χ2n) is 9.00. The van der Waals surface area contributed by atoms with Crippen LogP contribution in [0.15, 0.2) is 36.4 Å². The molecule has 0 N–H and O–H groups in total. The zero-order valence-corrected chi connectivity index (χ0v) is 19.1. The van der Waals surface area contributed by atoms with Gasteiger partial charge in [-0.15, -0.1) is 0 Å². The van der Waals surface area contributed by atoms with Gasteiger partial charge in [0.05, 0.1) is 0 Å². The van der Waals surface area contributed by atoms with E-state index in [0.29, 0.717) is 0 Å². The summed E-state index contributed by atoms with van der Waals surface area (Å²) in [4.78, 5) is 0. The molecule has 0 aromatic heterocycles. The molecule has 0 amide bonds. The van der Waals surface area contributed by atoms with Gasteiger partial charge < -0.3 is 0 Å². The summed E-state index contributed by atoms with van der Waals surface area (Å²) in [6.45, 7) is 11.2. The molecule has 0 aliphatic heterocycles. The molecule has 0 aliphatic rings. The van der Waals surface area contributed by atoms with Crippen molar-refractivity contribution in [2.24, 2.45) is 5.92 Å². The van der Waals surface area contributed by atoms with E-state index < -0.39 is 0 Å². The molecular weight excluding hydrogens is 336 g/mol. The average Bonchev–Trinajstić information content (AvgIpc) is 2.68. The minimum atomic E-state index is 0.801. The molecule has 0 heteroatoms. The fourth-order valence-corrected chi connectivity index (χ4v) is 4.16. The van der Waals surface area contributed by atoms with E-state index in [2.05, 4.69) is 71.0 Å². The Morgan fingerprint density at radius 1 is 0.607 bits per heavy atom. The summed E-state index contributed by atoms with van der Waals surface area (Å²) in [5.41, 5.74) is 8.72. The van der Waals surface area contributed by atoms with Crippen molar-refractivity contribution >= 4 is 0 Å². The molecular formula is C28H42. The first-order valence-electron chi connectivity index (χ1n) is 11.6. The van der Waals surface area contributed by atoms with Crippen LogP contribution in [0.2, 0.25) is 0 Å². The third-order valence-electron chi connectivity index (χ3n) is 6.47. The molecule has 0 radical (unpaired) electrons. The second-order valence-corrected chi connectivity index (χ2v) is 9.00. The molecule has 2 aromatic carbocycles. The molecule has 0 bridgehead atoms. The summed E-state index contributed by atoms with van der Waals surface area (Å²) in [5.74, 6) is 0.801. The smallest absolute Gasteiger partial charge is 0.0250 e. The summed E-state index contributed by atoms with van der Waals surface area (Å²) >= 11 is 0. The topological polar surface area (TPSA) is 0 Å². The van der Waals surface area contributed by atoms with Gasteiger partial charge in [-0.2, -0.15) is 0 Å². The highest BCUT2D eigenvalue weighted by Gasteiger charge is 2.11. The van der Waals surface area contributed by atoms with Crippen LogP contribution in [-0.4, -0.2) is 0 Å². The fourth-order valence-electron chi connectivity index (χ4n) is 4.16. The number of aryl methyl sites for hydroxylation is 5. The van der Waals surface area contributed by atoms with Crippen molar-refractivity contribution < 1.29 is 0 Å². The molecule has 0 saturated heterocycles. The lowest BCUT2D eigenvalue weighted by Gasteiger charge is -2.18. The third kappa shape index (κ3) is 7.82. The molecule has 1 atom stereocenters. The number of benzene rings is 2. The first-order valence-corrected chi connectivity index (χ1v) is 11.6. The monoisotopic (exact) mass is 378 g/mol. The van der Waals surface area contributed by atoms with Crippen molar-refractivity contribution in [2.45, 2.75) is 98.8 Å². The van der Waals surface area contributed by atoms with E-state index in [9.17, 15) is 0 Å². The van der Waals surface area contributed by atoms with E-state index in [4.69, 9.17) is 0 Å². The quantitative estimate of drug-likeness (QED) is 0.325.